The highest BCUT2D eigenvalue weighted by Crippen LogP contribution is 2.44. The first-order valence-electron chi connectivity index (χ1n) is 13.4. The summed E-state index contributed by atoms with van der Waals surface area (Å²) in [5.74, 6) is 1.62. The zero-order valence-corrected chi connectivity index (χ0v) is 24.8. The molecule has 0 saturated heterocycles. The molecule has 18 heteroatoms. The lowest BCUT2D eigenvalue weighted by Crippen LogP contribution is -2.23. The molecule has 17 nitrogen and oxygen atoms in total. The molecule has 6 rings (SSSR count). The lowest BCUT2D eigenvalue weighted by Gasteiger charge is -2.17. The van der Waals surface area contributed by atoms with Crippen molar-refractivity contribution in [2.45, 2.75) is 50.0 Å². The predicted octanol–water partition coefficient (Wildman–Crippen LogP) is 1.67. The van der Waals surface area contributed by atoms with Crippen LogP contribution >= 0.6 is 8.25 Å². The first kappa shape index (κ1) is 28.4. The van der Waals surface area contributed by atoms with Crippen LogP contribution in [0, 0.1) is 0 Å². The van der Waals surface area contributed by atoms with Gasteiger partial charge in [-0.3, -0.25) is 0 Å². The fourth-order valence-electron chi connectivity index (χ4n) is 4.77. The van der Waals surface area contributed by atoms with Gasteiger partial charge in [0.05, 0.1) is 36.9 Å². The SMILES string of the molecule is CN(C)c1nc(N)nc2c1ncn2CC1(OCO[P+](=O)OCOC2(Cn3cnc4c(N(C)C)nc(N)nc43)CC2)CC1. The van der Waals surface area contributed by atoms with E-state index in [0.29, 0.717) is 47.1 Å². The topological polar surface area (TPSA) is 200 Å². The molecule has 0 aromatic carbocycles. The van der Waals surface area contributed by atoms with E-state index in [0.717, 1.165) is 25.7 Å². The van der Waals surface area contributed by atoms with Crippen molar-refractivity contribution < 1.29 is 23.1 Å². The fraction of sp³-hybridized carbons (Fsp3) is 0.583. The second-order valence-corrected chi connectivity index (χ2v) is 12.0. The van der Waals surface area contributed by atoms with Gasteiger partial charge in [0.25, 0.3) is 0 Å². The van der Waals surface area contributed by atoms with E-state index >= 15 is 0 Å². The van der Waals surface area contributed by atoms with Crippen LogP contribution in [0.3, 0.4) is 0 Å². The standard InChI is InChI=1S/C24H34N12O5P/c1-33(2)17-15-19(31-21(25)29-17)35(11-27-15)9-23(5-6-23)38-13-40-42(37)41-14-39-24(7-8-24)10-36-12-28-16-18(34(3)4)30-22(26)32-20(16)36/h11-12H,5-10,13-14H2,1-4H3,(H2,25,29,31)(H2,26,30,32)/q+1. The Morgan fingerprint density at radius 1 is 0.762 bits per heavy atom. The number of ether oxygens (including phenoxy) is 2. The van der Waals surface area contributed by atoms with Crippen molar-refractivity contribution in [3.63, 3.8) is 0 Å². The minimum absolute atomic E-state index is 0.168. The van der Waals surface area contributed by atoms with E-state index in [-0.39, 0.29) is 25.5 Å². The monoisotopic (exact) mass is 601 g/mol. The molecule has 0 unspecified atom stereocenters. The molecule has 0 spiro atoms. The minimum Gasteiger partial charge on any atom is -0.368 e. The molecule has 4 heterocycles. The second-order valence-electron chi connectivity index (χ2n) is 11.1. The first-order valence-corrected chi connectivity index (χ1v) is 14.5. The van der Waals surface area contributed by atoms with Gasteiger partial charge in [0.2, 0.25) is 25.5 Å². The van der Waals surface area contributed by atoms with Crippen LogP contribution in [0.25, 0.3) is 22.3 Å². The molecular formula is C24H34N12O5P+. The highest BCUT2D eigenvalue weighted by molar-refractivity contribution is 7.33. The Labute approximate surface area is 242 Å². The van der Waals surface area contributed by atoms with Crippen LogP contribution in [0.5, 0.6) is 0 Å². The maximum Gasteiger partial charge on any atom is 0.702 e. The summed E-state index contributed by atoms with van der Waals surface area (Å²) < 4.78 is 38.6. The molecule has 42 heavy (non-hydrogen) atoms. The van der Waals surface area contributed by atoms with Crippen LogP contribution < -0.4 is 21.3 Å². The quantitative estimate of drug-likeness (QED) is 0.156. The van der Waals surface area contributed by atoms with Gasteiger partial charge in [-0.1, -0.05) is 9.05 Å². The van der Waals surface area contributed by atoms with Gasteiger partial charge >= 0.3 is 8.25 Å². The third-order valence-corrected chi connectivity index (χ3v) is 7.98. The minimum atomic E-state index is -2.44. The average molecular weight is 602 g/mol. The summed E-state index contributed by atoms with van der Waals surface area (Å²) in [5, 5.41) is 0. The number of hydrogen-bond acceptors (Lipinski definition) is 15. The van der Waals surface area contributed by atoms with E-state index in [2.05, 4.69) is 29.9 Å². The number of anilines is 4. The lowest BCUT2D eigenvalue weighted by molar-refractivity contribution is -0.0808. The number of aromatic nitrogens is 8. The highest BCUT2D eigenvalue weighted by Gasteiger charge is 2.47. The smallest absolute Gasteiger partial charge is 0.368 e. The molecule has 2 saturated carbocycles. The molecule has 4 aromatic rings. The Bertz CT molecular complexity index is 1510. The van der Waals surface area contributed by atoms with Gasteiger partial charge < -0.3 is 39.9 Å². The zero-order valence-electron chi connectivity index (χ0n) is 23.9. The maximum atomic E-state index is 12.4. The number of nitrogens with zero attached hydrogens (tertiary/aromatic N) is 10. The highest BCUT2D eigenvalue weighted by atomic mass is 31.1. The Hall–Kier alpha value is -3.76. The number of hydrogen-bond donors (Lipinski definition) is 2. The Morgan fingerprint density at radius 3 is 1.52 bits per heavy atom. The number of nitrogen functional groups attached to an aromatic ring is 2. The summed E-state index contributed by atoms with van der Waals surface area (Å²) in [7, 11) is 5.04. The van der Waals surface area contributed by atoms with Crippen LogP contribution in [0.2, 0.25) is 0 Å². The van der Waals surface area contributed by atoms with E-state index in [4.69, 9.17) is 30.0 Å². The van der Waals surface area contributed by atoms with Crippen LogP contribution in [-0.2, 0) is 36.2 Å². The number of fused-ring (bicyclic) bond motifs is 2. The fourth-order valence-corrected chi connectivity index (χ4v) is 5.12. The van der Waals surface area contributed by atoms with E-state index in [1.54, 1.807) is 12.7 Å². The first-order chi connectivity index (χ1) is 20.1. The number of rotatable bonds is 14. The molecule has 4 N–H and O–H groups in total. The number of nitrogens with two attached hydrogens (primary N) is 2. The van der Waals surface area contributed by atoms with E-state index in [1.807, 2.05) is 47.1 Å². The van der Waals surface area contributed by atoms with Crippen molar-refractivity contribution in [3.8, 4) is 0 Å². The van der Waals surface area contributed by atoms with Gasteiger partial charge in [0.15, 0.2) is 34.0 Å². The molecule has 4 aromatic heterocycles. The largest absolute Gasteiger partial charge is 0.702 e. The summed E-state index contributed by atoms with van der Waals surface area (Å²) in [5.41, 5.74) is 13.5. The third kappa shape index (κ3) is 5.78. The van der Waals surface area contributed by atoms with Crippen molar-refractivity contribution in [2.75, 3.05) is 63.0 Å². The molecule has 224 valence electrons. The maximum absolute atomic E-state index is 12.4. The Kier molecular flexibility index (Phi) is 7.31. The van der Waals surface area contributed by atoms with Gasteiger partial charge in [-0.25, -0.2) is 9.97 Å². The molecule has 0 atom stereocenters. The molecular weight excluding hydrogens is 567 g/mol. The summed E-state index contributed by atoms with van der Waals surface area (Å²) in [6.07, 6.45) is 6.65. The van der Waals surface area contributed by atoms with Gasteiger partial charge in [0, 0.05) is 32.8 Å². The van der Waals surface area contributed by atoms with Crippen molar-refractivity contribution in [1.29, 1.82) is 0 Å². The van der Waals surface area contributed by atoms with Gasteiger partial charge in [-0.15, -0.1) is 0 Å². The molecule has 0 radical (unpaired) electrons. The predicted molar refractivity (Wildman–Crippen MR) is 154 cm³/mol. The summed E-state index contributed by atoms with van der Waals surface area (Å²) in [6.45, 7) is 0.608. The van der Waals surface area contributed by atoms with E-state index in [9.17, 15) is 4.57 Å². The molecule has 2 aliphatic rings. The summed E-state index contributed by atoms with van der Waals surface area (Å²) in [6, 6.07) is 0. The molecule has 0 aliphatic heterocycles. The summed E-state index contributed by atoms with van der Waals surface area (Å²) in [4.78, 5) is 29.9. The van der Waals surface area contributed by atoms with Crippen LogP contribution in [0.4, 0.5) is 23.5 Å². The Morgan fingerprint density at radius 2 is 1.17 bits per heavy atom. The summed E-state index contributed by atoms with van der Waals surface area (Å²) >= 11 is 0. The second kappa shape index (κ2) is 10.8. The molecule has 2 aliphatic carbocycles. The molecule has 2 fully saturated rings. The van der Waals surface area contributed by atoms with E-state index in [1.165, 1.54) is 0 Å². The van der Waals surface area contributed by atoms with Crippen molar-refractivity contribution >= 4 is 54.1 Å². The van der Waals surface area contributed by atoms with Gasteiger partial charge in [-0.2, -0.15) is 19.9 Å². The van der Waals surface area contributed by atoms with Crippen molar-refractivity contribution in [1.82, 2.24) is 39.0 Å². The Balaban J connectivity index is 0.980. The van der Waals surface area contributed by atoms with Crippen molar-refractivity contribution in [3.05, 3.63) is 12.7 Å². The van der Waals surface area contributed by atoms with Crippen LogP contribution in [0.15, 0.2) is 12.7 Å². The van der Waals surface area contributed by atoms with Crippen LogP contribution in [0.1, 0.15) is 25.7 Å². The molecule has 0 amide bonds. The van der Waals surface area contributed by atoms with Gasteiger partial charge in [-0.05, 0) is 25.7 Å². The van der Waals surface area contributed by atoms with E-state index < -0.39 is 19.5 Å². The van der Waals surface area contributed by atoms with Crippen LogP contribution in [-0.4, -0.2) is 92.0 Å². The van der Waals surface area contributed by atoms with Crippen molar-refractivity contribution in [2.24, 2.45) is 0 Å². The third-order valence-electron chi connectivity index (χ3n) is 7.35. The lowest BCUT2D eigenvalue weighted by atomic mass is 10.3. The molecule has 0 bridgehead atoms. The average Bonchev–Trinajstić information content (AvgIpc) is 3.80. The van der Waals surface area contributed by atoms with Gasteiger partial charge in [0.1, 0.15) is 0 Å². The normalized spacial score (nSPS) is 16.7. The number of imidazole rings is 2. The zero-order chi connectivity index (χ0) is 29.6.